The minimum atomic E-state index is -2.86. The SMILES string of the molecule is c1ccc(-c2nc(-c3cccc([Si](c4ccccc4)(c4ccccc4)c4ccccc4)c3)nc(-c3ccccc3-c3cccc(-c4nc(-c5ccccc5)nc(-n5c6ccccc6c6ccccc65)n4)c3)n2)cc1. The smallest absolute Gasteiger partial charge is 0.238 e. The van der Waals surface area contributed by atoms with Gasteiger partial charge >= 0.3 is 0 Å². The summed E-state index contributed by atoms with van der Waals surface area (Å²) in [5, 5.41) is 7.39. The number of hydrogen-bond donors (Lipinski definition) is 0. The maximum absolute atomic E-state index is 5.40. The lowest BCUT2D eigenvalue weighted by atomic mass is 9.97. The van der Waals surface area contributed by atoms with Crippen LogP contribution in [0.3, 0.4) is 0 Å². The Kier molecular flexibility index (Phi) is 11.4. The Morgan fingerprint density at radius 2 is 0.595 bits per heavy atom. The molecule has 0 bridgehead atoms. The summed E-state index contributed by atoms with van der Waals surface area (Å²) in [6.45, 7) is 0. The Hall–Kier alpha value is -9.76. The lowest BCUT2D eigenvalue weighted by Crippen LogP contribution is -2.74. The van der Waals surface area contributed by atoms with Gasteiger partial charge in [-0.3, -0.25) is 4.57 Å². The highest BCUT2D eigenvalue weighted by Gasteiger charge is 2.41. The molecule has 0 aliphatic carbocycles. The van der Waals surface area contributed by atoms with Crippen LogP contribution in [-0.4, -0.2) is 42.5 Å². The molecule has 0 saturated heterocycles. The molecule has 0 fully saturated rings. The third-order valence-electron chi connectivity index (χ3n) is 13.9. The number of benzene rings is 10. The summed E-state index contributed by atoms with van der Waals surface area (Å²) in [4.78, 5) is 31.5. The van der Waals surface area contributed by atoms with Gasteiger partial charge in [-0.2, -0.15) is 9.97 Å². The number of fused-ring (bicyclic) bond motifs is 3. The summed E-state index contributed by atoms with van der Waals surface area (Å²) < 4.78 is 2.15. The molecule has 0 amide bonds. The van der Waals surface area contributed by atoms with E-state index in [-0.39, 0.29) is 0 Å². The topological polar surface area (TPSA) is 82.3 Å². The van der Waals surface area contributed by atoms with Crippen molar-refractivity contribution in [3.63, 3.8) is 0 Å². The van der Waals surface area contributed by atoms with Gasteiger partial charge in [0.2, 0.25) is 5.95 Å². The number of rotatable bonds is 11. The molecular formula is C66H45N7Si. The van der Waals surface area contributed by atoms with Crippen LogP contribution in [0, 0.1) is 0 Å². The molecule has 0 aliphatic heterocycles. The van der Waals surface area contributed by atoms with E-state index in [9.17, 15) is 0 Å². The minimum Gasteiger partial charge on any atom is -0.278 e. The van der Waals surface area contributed by atoms with E-state index >= 15 is 0 Å². The number of hydrogen-bond acceptors (Lipinski definition) is 6. The first kappa shape index (κ1) is 44.2. The van der Waals surface area contributed by atoms with Gasteiger partial charge in [0.05, 0.1) is 11.0 Å². The first-order chi connectivity index (χ1) is 36.7. The molecule has 0 aliphatic rings. The Morgan fingerprint density at radius 3 is 1.14 bits per heavy atom. The van der Waals surface area contributed by atoms with Crippen molar-refractivity contribution in [2.75, 3.05) is 0 Å². The molecular weight excluding hydrogens is 919 g/mol. The van der Waals surface area contributed by atoms with Crippen LogP contribution >= 0.6 is 0 Å². The fourth-order valence-corrected chi connectivity index (χ4v) is 15.3. The Bertz CT molecular complexity index is 3980. The van der Waals surface area contributed by atoms with Gasteiger partial charge in [-0.1, -0.05) is 255 Å². The molecule has 8 heteroatoms. The summed E-state index contributed by atoms with van der Waals surface area (Å²) in [7, 11) is -2.86. The number of nitrogens with zero attached hydrogens (tertiary/aromatic N) is 7. The van der Waals surface area contributed by atoms with Crippen LogP contribution in [0.15, 0.2) is 273 Å². The molecule has 0 N–H and O–H groups in total. The average molecular weight is 964 g/mol. The largest absolute Gasteiger partial charge is 0.278 e. The standard InChI is InChI=1S/C66H45N7Si/c1-6-24-46(25-7-1)61-67-63(50-30-23-37-54(45-50)74(51-31-10-3-11-32-51,52-33-12-4-13-34-52)53-35-14-5-15-36-53)70-65(69-61)58-41-17-16-38-55(58)48-28-22-29-49(44-48)64-68-62(47-26-8-2-9-27-47)71-66(72-64)73-59-42-20-18-39-56(59)57-40-19-21-43-60(57)73/h1-45H. The van der Waals surface area contributed by atoms with E-state index in [1.165, 1.54) is 20.7 Å². The molecule has 10 aromatic carbocycles. The zero-order valence-corrected chi connectivity index (χ0v) is 41.1. The molecule has 0 unspecified atom stereocenters. The van der Waals surface area contributed by atoms with Crippen molar-refractivity contribution in [1.29, 1.82) is 0 Å². The van der Waals surface area contributed by atoms with Gasteiger partial charge in [-0.25, -0.2) is 19.9 Å². The van der Waals surface area contributed by atoms with Gasteiger partial charge in [-0.05, 0) is 50.1 Å². The molecule has 0 atom stereocenters. The van der Waals surface area contributed by atoms with Crippen molar-refractivity contribution in [3.05, 3.63) is 273 Å². The average Bonchev–Trinajstić information content (AvgIpc) is 3.83. The van der Waals surface area contributed by atoms with E-state index in [2.05, 4.69) is 223 Å². The lowest BCUT2D eigenvalue weighted by molar-refractivity contribution is 0.953. The van der Waals surface area contributed by atoms with Crippen molar-refractivity contribution in [1.82, 2.24) is 34.5 Å². The molecule has 0 radical (unpaired) electrons. The van der Waals surface area contributed by atoms with Crippen LogP contribution in [-0.2, 0) is 0 Å². The zero-order valence-electron chi connectivity index (χ0n) is 40.1. The van der Waals surface area contributed by atoms with Crippen LogP contribution in [0.4, 0.5) is 0 Å². The summed E-state index contributed by atoms with van der Waals surface area (Å²) in [6.07, 6.45) is 0. The van der Waals surface area contributed by atoms with Gasteiger partial charge < -0.3 is 0 Å². The van der Waals surface area contributed by atoms with E-state index in [0.29, 0.717) is 35.1 Å². The monoisotopic (exact) mass is 963 g/mol. The summed E-state index contributed by atoms with van der Waals surface area (Å²) in [6, 6.07) is 95.7. The highest BCUT2D eigenvalue weighted by Crippen LogP contribution is 2.36. The molecule has 13 rings (SSSR count). The van der Waals surface area contributed by atoms with Crippen molar-refractivity contribution in [3.8, 4) is 74.0 Å². The van der Waals surface area contributed by atoms with Gasteiger partial charge in [0.15, 0.2) is 37.2 Å². The second-order valence-corrected chi connectivity index (χ2v) is 22.1. The van der Waals surface area contributed by atoms with Crippen LogP contribution < -0.4 is 20.7 Å². The molecule has 0 spiro atoms. The number of aromatic nitrogens is 7. The van der Waals surface area contributed by atoms with E-state index in [1.54, 1.807) is 0 Å². The second-order valence-electron chi connectivity index (χ2n) is 18.2. The Balaban J connectivity index is 0.966. The van der Waals surface area contributed by atoms with E-state index in [4.69, 9.17) is 29.9 Å². The predicted octanol–water partition coefficient (Wildman–Crippen LogP) is 12.5. The van der Waals surface area contributed by atoms with Crippen LogP contribution in [0.25, 0.3) is 95.8 Å². The third-order valence-corrected chi connectivity index (χ3v) is 18.7. The van der Waals surface area contributed by atoms with E-state index in [0.717, 1.165) is 60.8 Å². The van der Waals surface area contributed by atoms with Gasteiger partial charge in [0.25, 0.3) is 0 Å². The molecule has 3 heterocycles. The first-order valence-corrected chi connectivity index (χ1v) is 26.8. The van der Waals surface area contributed by atoms with Crippen molar-refractivity contribution < 1.29 is 0 Å². The van der Waals surface area contributed by atoms with Crippen molar-refractivity contribution in [2.24, 2.45) is 0 Å². The van der Waals surface area contributed by atoms with Gasteiger partial charge in [0, 0.05) is 38.6 Å². The quantitative estimate of drug-likeness (QED) is 0.0949. The first-order valence-electron chi connectivity index (χ1n) is 24.8. The minimum absolute atomic E-state index is 0.545. The predicted molar refractivity (Wildman–Crippen MR) is 304 cm³/mol. The molecule has 0 saturated carbocycles. The normalized spacial score (nSPS) is 11.5. The van der Waals surface area contributed by atoms with E-state index in [1.807, 2.05) is 54.6 Å². The lowest BCUT2D eigenvalue weighted by Gasteiger charge is -2.34. The summed E-state index contributed by atoms with van der Waals surface area (Å²) >= 11 is 0. The number of para-hydroxylation sites is 2. The molecule has 13 aromatic rings. The summed E-state index contributed by atoms with van der Waals surface area (Å²) in [5.74, 6) is 3.44. The fourth-order valence-electron chi connectivity index (χ4n) is 10.5. The van der Waals surface area contributed by atoms with Crippen LogP contribution in [0.2, 0.25) is 0 Å². The molecule has 348 valence electrons. The maximum Gasteiger partial charge on any atom is 0.238 e. The summed E-state index contributed by atoms with van der Waals surface area (Å²) in [5.41, 5.74) is 8.40. The highest BCUT2D eigenvalue weighted by molar-refractivity contribution is 7.19. The van der Waals surface area contributed by atoms with Crippen LogP contribution in [0.5, 0.6) is 0 Å². The van der Waals surface area contributed by atoms with Crippen molar-refractivity contribution in [2.45, 2.75) is 0 Å². The third kappa shape index (κ3) is 7.96. The van der Waals surface area contributed by atoms with Gasteiger partial charge in [-0.15, -0.1) is 0 Å². The fraction of sp³-hybridized carbons (Fsp3) is 0. The molecule has 74 heavy (non-hydrogen) atoms. The van der Waals surface area contributed by atoms with Gasteiger partial charge in [0.1, 0.15) is 0 Å². The molecule has 3 aromatic heterocycles. The van der Waals surface area contributed by atoms with Crippen molar-refractivity contribution >= 4 is 50.6 Å². The van der Waals surface area contributed by atoms with Crippen LogP contribution in [0.1, 0.15) is 0 Å². The Morgan fingerprint density at radius 1 is 0.243 bits per heavy atom. The Labute approximate surface area is 429 Å². The molecule has 7 nitrogen and oxygen atoms in total. The zero-order chi connectivity index (χ0) is 49.3. The maximum atomic E-state index is 5.40. The second kappa shape index (κ2) is 19.1. The van der Waals surface area contributed by atoms with E-state index < -0.39 is 8.07 Å². The highest BCUT2D eigenvalue weighted by atomic mass is 28.3.